The minimum Gasteiger partial charge on any atom is -0.447 e. The topological polar surface area (TPSA) is 95.0 Å². The predicted octanol–water partition coefficient (Wildman–Crippen LogP) is 4.48. The normalized spacial score (nSPS) is 16.1. The molecule has 0 bridgehead atoms. The van der Waals surface area contributed by atoms with E-state index in [9.17, 15) is 9.59 Å². The lowest BCUT2D eigenvalue weighted by Crippen LogP contribution is -2.42. The average Bonchev–Trinajstić information content (AvgIpc) is 2.64. The molecule has 0 unspecified atom stereocenters. The van der Waals surface area contributed by atoms with E-state index in [2.05, 4.69) is 5.32 Å². The third-order valence-corrected chi connectivity index (χ3v) is 4.47. The number of benzene rings is 1. The number of hydrogen-bond acceptors (Lipinski definition) is 6. The quantitative estimate of drug-likeness (QED) is 0.703. The molecule has 1 heterocycles. The Morgan fingerprint density at radius 3 is 2.57 bits per heavy atom. The van der Waals surface area contributed by atoms with Gasteiger partial charge in [-0.25, -0.2) is 9.59 Å². The molecule has 2 N–H and O–H groups in total. The number of rotatable bonds is 4. The van der Waals surface area contributed by atoms with Gasteiger partial charge in [0.15, 0.2) is 0 Å². The molecule has 0 spiro atoms. The van der Waals surface area contributed by atoms with Gasteiger partial charge in [0, 0.05) is 42.3 Å². The van der Waals surface area contributed by atoms with Crippen LogP contribution < -0.4 is 10.2 Å². The molecule has 0 aromatic heterocycles. The smallest absolute Gasteiger partial charge is 0.414 e. The number of amides is 2. The average molecular weight is 419 g/mol. The first-order chi connectivity index (χ1) is 14.1. The van der Waals surface area contributed by atoms with Gasteiger partial charge in [0.05, 0.1) is 6.54 Å². The van der Waals surface area contributed by atoms with Gasteiger partial charge in [-0.3, -0.25) is 4.90 Å². The lowest BCUT2D eigenvalue weighted by Gasteiger charge is -2.30. The maximum Gasteiger partial charge on any atom is 0.414 e. The van der Waals surface area contributed by atoms with Gasteiger partial charge in [-0.2, -0.15) is 0 Å². The Kier molecular flexibility index (Phi) is 8.08. The first kappa shape index (κ1) is 23.5. The van der Waals surface area contributed by atoms with E-state index in [4.69, 9.17) is 14.9 Å². The van der Waals surface area contributed by atoms with Crippen LogP contribution in [0.25, 0.3) is 0 Å². The molecule has 30 heavy (non-hydrogen) atoms. The van der Waals surface area contributed by atoms with E-state index in [0.717, 1.165) is 23.4 Å². The van der Waals surface area contributed by atoms with E-state index in [1.165, 1.54) is 6.21 Å². The molecule has 0 radical (unpaired) electrons. The predicted molar refractivity (Wildman–Crippen MR) is 119 cm³/mol. The third-order valence-electron chi connectivity index (χ3n) is 4.47. The molecule has 1 aromatic rings. The van der Waals surface area contributed by atoms with Gasteiger partial charge < -0.3 is 25.1 Å². The monoisotopic (exact) mass is 418 g/mol. The summed E-state index contributed by atoms with van der Waals surface area (Å²) in [4.78, 5) is 28.3. The number of cyclic esters (lactones) is 1. The Hall–Kier alpha value is -2.77. The fraction of sp³-hybridized carbons (Fsp3) is 0.591. The summed E-state index contributed by atoms with van der Waals surface area (Å²) in [6, 6.07) is 5.72. The molecular weight excluding hydrogens is 384 g/mol. The van der Waals surface area contributed by atoms with Crippen molar-refractivity contribution in [3.05, 3.63) is 23.8 Å². The third kappa shape index (κ3) is 6.93. The highest BCUT2D eigenvalue weighted by Crippen LogP contribution is 2.25. The fourth-order valence-electron chi connectivity index (χ4n) is 3.11. The number of anilines is 2. The van der Waals surface area contributed by atoms with Crippen LogP contribution in [0.3, 0.4) is 0 Å². The minimum atomic E-state index is -0.565. The number of nitrogens with one attached hydrogen (secondary N) is 2. The second-order valence-electron chi connectivity index (χ2n) is 8.66. The van der Waals surface area contributed by atoms with Crippen LogP contribution in [0.2, 0.25) is 0 Å². The number of hydrogen-bond donors (Lipinski definition) is 2. The van der Waals surface area contributed by atoms with Crippen molar-refractivity contribution in [1.82, 2.24) is 4.90 Å². The first-order valence-electron chi connectivity index (χ1n) is 10.4. The van der Waals surface area contributed by atoms with Crippen LogP contribution in [0.5, 0.6) is 0 Å². The molecule has 0 saturated carbocycles. The number of ether oxygens (including phenoxy) is 2. The van der Waals surface area contributed by atoms with Crippen molar-refractivity contribution in [3.63, 3.8) is 0 Å². The Morgan fingerprint density at radius 1 is 1.23 bits per heavy atom. The zero-order chi connectivity index (χ0) is 22.3. The molecule has 1 aliphatic heterocycles. The van der Waals surface area contributed by atoms with Gasteiger partial charge in [-0.15, -0.1) is 0 Å². The molecular formula is C22H34N4O4. The zero-order valence-corrected chi connectivity index (χ0v) is 18.7. The van der Waals surface area contributed by atoms with Gasteiger partial charge >= 0.3 is 12.2 Å². The molecule has 1 aromatic carbocycles. The SMILES string of the molecule is CC(C)Nc1cc(N2CCCCN(C(=O)OC(C)(C)C)CCOC2=O)ccc1C=N. The van der Waals surface area contributed by atoms with E-state index in [1.54, 1.807) is 9.80 Å². The van der Waals surface area contributed by atoms with Crippen LogP contribution in [0.4, 0.5) is 21.0 Å². The van der Waals surface area contributed by atoms with Crippen molar-refractivity contribution in [3.8, 4) is 0 Å². The van der Waals surface area contributed by atoms with E-state index < -0.39 is 11.7 Å². The van der Waals surface area contributed by atoms with Crippen LogP contribution in [0.15, 0.2) is 18.2 Å². The summed E-state index contributed by atoms with van der Waals surface area (Å²) < 4.78 is 10.9. The van der Waals surface area contributed by atoms with Crippen LogP contribution in [0.1, 0.15) is 53.0 Å². The van der Waals surface area contributed by atoms with E-state index in [-0.39, 0.29) is 18.7 Å². The number of nitrogens with zero attached hydrogens (tertiary/aromatic N) is 2. The van der Waals surface area contributed by atoms with Crippen molar-refractivity contribution in [2.24, 2.45) is 0 Å². The molecule has 0 aliphatic carbocycles. The summed E-state index contributed by atoms with van der Waals surface area (Å²) in [7, 11) is 0. The molecule has 8 heteroatoms. The lowest BCUT2D eigenvalue weighted by molar-refractivity contribution is 0.0202. The van der Waals surface area contributed by atoms with Crippen LogP contribution in [0, 0.1) is 5.41 Å². The second-order valence-corrected chi connectivity index (χ2v) is 8.66. The Bertz CT molecular complexity index is 758. The van der Waals surface area contributed by atoms with Crippen LogP contribution >= 0.6 is 0 Å². The number of carbonyl (C=O) groups excluding carboxylic acids is 2. The molecule has 0 atom stereocenters. The summed E-state index contributed by atoms with van der Waals surface area (Å²) in [6.07, 6.45) is 1.93. The molecule has 1 saturated heterocycles. The number of carbonyl (C=O) groups is 2. The Morgan fingerprint density at radius 2 is 1.93 bits per heavy atom. The van der Waals surface area contributed by atoms with Crippen molar-refractivity contribution in [2.75, 3.05) is 36.5 Å². The highest BCUT2D eigenvalue weighted by Gasteiger charge is 2.25. The van der Waals surface area contributed by atoms with Crippen molar-refractivity contribution in [2.45, 2.75) is 59.1 Å². The summed E-state index contributed by atoms with van der Waals surface area (Å²) in [6.45, 7) is 11.0. The summed E-state index contributed by atoms with van der Waals surface area (Å²) >= 11 is 0. The van der Waals surface area contributed by atoms with Gasteiger partial charge in [-0.05, 0) is 65.7 Å². The molecule has 1 fully saturated rings. The highest BCUT2D eigenvalue weighted by atomic mass is 16.6. The van der Waals surface area contributed by atoms with E-state index in [1.807, 2.05) is 52.8 Å². The van der Waals surface area contributed by atoms with Crippen molar-refractivity contribution in [1.29, 1.82) is 5.41 Å². The van der Waals surface area contributed by atoms with Crippen molar-refractivity contribution >= 4 is 29.8 Å². The first-order valence-corrected chi connectivity index (χ1v) is 10.4. The Labute approximate surface area is 179 Å². The summed E-state index contributed by atoms with van der Waals surface area (Å²) in [5.74, 6) is 0. The summed E-state index contributed by atoms with van der Waals surface area (Å²) in [5.41, 5.74) is 1.72. The van der Waals surface area contributed by atoms with Gasteiger partial charge in [-0.1, -0.05) is 0 Å². The lowest BCUT2D eigenvalue weighted by atomic mass is 10.1. The Balaban J connectivity index is 2.11. The fourth-order valence-corrected chi connectivity index (χ4v) is 3.11. The van der Waals surface area contributed by atoms with Crippen LogP contribution in [-0.2, 0) is 9.47 Å². The van der Waals surface area contributed by atoms with E-state index >= 15 is 0 Å². The molecule has 2 amide bonds. The standard InChI is InChI=1S/C22H34N4O4/c1-16(2)24-19-14-18(9-8-17(19)15-23)26-11-7-6-10-25(12-13-29-21(26)28)20(27)30-22(3,4)5/h8-9,14-16,23-24H,6-7,10-13H2,1-5H3. The van der Waals surface area contributed by atoms with Gasteiger partial charge in [0.2, 0.25) is 0 Å². The zero-order valence-electron chi connectivity index (χ0n) is 18.7. The molecule has 166 valence electrons. The molecule has 8 nitrogen and oxygen atoms in total. The van der Waals surface area contributed by atoms with E-state index in [0.29, 0.717) is 26.1 Å². The maximum absolute atomic E-state index is 12.7. The van der Waals surface area contributed by atoms with Gasteiger partial charge in [0.25, 0.3) is 0 Å². The summed E-state index contributed by atoms with van der Waals surface area (Å²) in [5, 5.41) is 10.9. The van der Waals surface area contributed by atoms with Crippen molar-refractivity contribution < 1.29 is 19.1 Å². The molecule has 1 aliphatic rings. The maximum atomic E-state index is 12.7. The molecule has 2 rings (SSSR count). The highest BCUT2D eigenvalue weighted by molar-refractivity contribution is 5.92. The van der Waals surface area contributed by atoms with Crippen LogP contribution in [-0.4, -0.2) is 61.2 Å². The largest absolute Gasteiger partial charge is 0.447 e. The minimum absolute atomic E-state index is 0.101. The van der Waals surface area contributed by atoms with Gasteiger partial charge in [0.1, 0.15) is 12.2 Å². The second kappa shape index (κ2) is 10.3.